The van der Waals surface area contributed by atoms with Crippen molar-refractivity contribution in [2.45, 2.75) is 75.8 Å². The summed E-state index contributed by atoms with van der Waals surface area (Å²) in [4.78, 5) is 33.6. The highest BCUT2D eigenvalue weighted by atomic mass is 19.1. The zero-order chi connectivity index (χ0) is 45.6. The summed E-state index contributed by atoms with van der Waals surface area (Å²) < 4.78 is 47.0. The van der Waals surface area contributed by atoms with Crippen LogP contribution in [0.5, 0.6) is 17.2 Å². The molecule has 1 aliphatic heterocycles. The minimum Gasteiger partial charge on any atom is -0.459 e. The fourth-order valence-corrected chi connectivity index (χ4v) is 9.73. The number of fused-ring (bicyclic) bond motifs is 2. The molecule has 0 saturated heterocycles. The van der Waals surface area contributed by atoms with Crippen molar-refractivity contribution >= 4 is 18.1 Å². The van der Waals surface area contributed by atoms with Crippen LogP contribution in [0.15, 0.2) is 127 Å². The van der Waals surface area contributed by atoms with Crippen LogP contribution in [0, 0.1) is 23.6 Å². The monoisotopic (exact) mass is 890 g/mol. The lowest BCUT2D eigenvalue weighted by Gasteiger charge is -2.59. The summed E-state index contributed by atoms with van der Waals surface area (Å²) in [7, 11) is 1.49. The summed E-state index contributed by atoms with van der Waals surface area (Å²) in [6.45, 7) is 4.65. The standard InChI is InChI=1S/C52H59FN2O10/c1-3-26-63-52-48(55(33-36-18-20-40(53)21-19-36)51(59)62-28-27-61-35-37-12-5-4-6-13-37)32-46(54-60-2)44-30-39(15-7-9-24-56)43(17-8-10-25-57)49(50(44)52)45-31-42(22-23-47(45)65-52)64-41-16-11-14-38(29-41)34-58/h3-6,11-14,16,18-23,29-31,34,39,43,48-50,56-57H,1,7-10,15,17,24-28,32-33,35H2,2H3/t39-,43+,48-,49+,50+,52+/m0/s1. The number of benzene rings is 4. The molecule has 1 heterocycles. The normalized spacial score (nSPS) is 22.4. The Kier molecular flexibility index (Phi) is 16.6. The maximum absolute atomic E-state index is 14.8. The average Bonchev–Trinajstić information content (AvgIpc) is 3.32. The van der Waals surface area contributed by atoms with Gasteiger partial charge in [0.05, 0.1) is 31.5 Å². The van der Waals surface area contributed by atoms with E-state index in [1.54, 1.807) is 47.4 Å². The number of allylic oxidation sites excluding steroid dienone is 1. The molecule has 1 amide bonds. The number of aliphatic hydroxyl groups excluding tert-OH is 2. The number of halogens is 1. The number of rotatable bonds is 23. The number of aliphatic hydroxyl groups is 2. The Labute approximate surface area is 380 Å². The lowest BCUT2D eigenvalue weighted by Crippen LogP contribution is -2.70. The third-order valence-corrected chi connectivity index (χ3v) is 12.5. The highest BCUT2D eigenvalue weighted by Gasteiger charge is 2.65. The zero-order valence-corrected chi connectivity index (χ0v) is 36.9. The van der Waals surface area contributed by atoms with Gasteiger partial charge >= 0.3 is 6.09 Å². The SMILES string of the molecule is C=CCO[C@@]12Oc3ccc(Oc4cccc(C=O)c4)cc3[C@H]3[C@H](CCCCO)[C@@H](CCCCO)C=C(C(=NOC)C[C@@H]1N(Cc1ccc(F)cc1)C(=O)OCCOCc1ccccc1)[C@H]32. The number of nitrogens with zero attached hydrogens (tertiary/aromatic N) is 2. The predicted molar refractivity (Wildman–Crippen MR) is 243 cm³/mol. The van der Waals surface area contributed by atoms with Crippen molar-refractivity contribution in [1.82, 2.24) is 4.90 Å². The van der Waals surface area contributed by atoms with Gasteiger partial charge in [0.2, 0.25) is 5.79 Å². The Hall–Kier alpha value is -5.86. The first-order valence-electron chi connectivity index (χ1n) is 22.5. The van der Waals surface area contributed by atoms with Gasteiger partial charge in [0.15, 0.2) is 0 Å². The van der Waals surface area contributed by atoms with E-state index < -0.39 is 29.7 Å². The Bertz CT molecular complexity index is 2270. The van der Waals surface area contributed by atoms with Crippen molar-refractivity contribution in [3.8, 4) is 17.2 Å². The number of hydrogen-bond acceptors (Lipinski definition) is 11. The van der Waals surface area contributed by atoms with E-state index in [9.17, 15) is 24.2 Å². The van der Waals surface area contributed by atoms with E-state index in [2.05, 4.69) is 17.8 Å². The molecule has 3 aliphatic rings. The Morgan fingerprint density at radius 2 is 1.69 bits per heavy atom. The maximum Gasteiger partial charge on any atom is 0.410 e. The Morgan fingerprint density at radius 1 is 0.923 bits per heavy atom. The van der Waals surface area contributed by atoms with Crippen molar-refractivity contribution in [3.05, 3.63) is 149 Å². The average molecular weight is 891 g/mol. The molecule has 7 rings (SSSR count). The zero-order valence-electron chi connectivity index (χ0n) is 36.9. The number of carbonyl (C=O) groups excluding carboxylic acids is 2. The molecule has 0 unspecified atom stereocenters. The molecule has 13 heteroatoms. The van der Waals surface area contributed by atoms with Gasteiger partial charge in [0, 0.05) is 43.2 Å². The summed E-state index contributed by atoms with van der Waals surface area (Å²) >= 11 is 0. The molecule has 1 saturated carbocycles. The van der Waals surface area contributed by atoms with Crippen LogP contribution in [-0.2, 0) is 32.2 Å². The second-order valence-corrected chi connectivity index (χ2v) is 16.7. The molecule has 344 valence electrons. The summed E-state index contributed by atoms with van der Waals surface area (Å²) in [5.41, 5.74) is 4.46. The van der Waals surface area contributed by atoms with Crippen LogP contribution < -0.4 is 9.47 Å². The molecule has 0 spiro atoms. The maximum atomic E-state index is 14.8. The Morgan fingerprint density at radius 3 is 2.43 bits per heavy atom. The van der Waals surface area contributed by atoms with Crippen LogP contribution in [0.1, 0.15) is 77.9 Å². The summed E-state index contributed by atoms with van der Waals surface area (Å²) in [6.07, 6.45) is 8.46. The van der Waals surface area contributed by atoms with Gasteiger partial charge in [-0.15, -0.1) is 6.58 Å². The molecule has 4 aromatic rings. The van der Waals surface area contributed by atoms with Gasteiger partial charge in [0.25, 0.3) is 0 Å². The van der Waals surface area contributed by atoms with Gasteiger partial charge in [-0.1, -0.05) is 84.7 Å². The highest BCUT2D eigenvalue weighted by molar-refractivity contribution is 6.03. The minimum absolute atomic E-state index is 0.0110. The topological polar surface area (TPSA) is 146 Å². The number of hydrogen-bond donors (Lipinski definition) is 2. The van der Waals surface area contributed by atoms with Crippen LogP contribution in [-0.4, -0.2) is 85.2 Å². The first-order valence-corrected chi connectivity index (χ1v) is 22.5. The van der Waals surface area contributed by atoms with E-state index in [4.69, 9.17) is 28.5 Å². The van der Waals surface area contributed by atoms with E-state index in [1.165, 1.54) is 19.2 Å². The molecule has 65 heavy (non-hydrogen) atoms. The van der Waals surface area contributed by atoms with Crippen molar-refractivity contribution in [3.63, 3.8) is 0 Å². The van der Waals surface area contributed by atoms with Crippen LogP contribution in [0.2, 0.25) is 0 Å². The fourth-order valence-electron chi connectivity index (χ4n) is 9.73. The number of unbranched alkanes of at least 4 members (excludes halogenated alkanes) is 2. The number of aldehydes is 1. The van der Waals surface area contributed by atoms with Crippen molar-refractivity contribution in [2.75, 3.05) is 40.1 Å². The van der Waals surface area contributed by atoms with Crippen LogP contribution in [0.25, 0.3) is 0 Å². The molecule has 1 fully saturated rings. The number of carbonyl (C=O) groups is 2. The molecule has 2 aliphatic carbocycles. The van der Waals surface area contributed by atoms with Gasteiger partial charge < -0.3 is 38.7 Å². The van der Waals surface area contributed by atoms with Gasteiger partial charge in [-0.25, -0.2) is 9.18 Å². The summed E-state index contributed by atoms with van der Waals surface area (Å²) in [5.74, 6) is -1.31. The number of ether oxygens (including phenoxy) is 5. The fraction of sp³-hybridized carbons (Fsp3) is 0.404. The predicted octanol–water partition coefficient (Wildman–Crippen LogP) is 9.55. The molecule has 4 aromatic carbocycles. The molecule has 2 N–H and O–H groups in total. The lowest BCUT2D eigenvalue weighted by atomic mass is 9.55. The lowest BCUT2D eigenvalue weighted by molar-refractivity contribution is -0.256. The number of amides is 1. The van der Waals surface area contributed by atoms with Crippen LogP contribution in [0.3, 0.4) is 0 Å². The van der Waals surface area contributed by atoms with Gasteiger partial charge in [-0.2, -0.15) is 0 Å². The molecule has 0 aromatic heterocycles. The minimum atomic E-state index is -1.56. The quantitative estimate of drug-likeness (QED) is 0.0320. The van der Waals surface area contributed by atoms with E-state index in [0.717, 1.165) is 48.7 Å². The second-order valence-electron chi connectivity index (χ2n) is 16.7. The third kappa shape index (κ3) is 11.2. The third-order valence-electron chi connectivity index (χ3n) is 12.5. The van der Waals surface area contributed by atoms with Gasteiger partial charge in [-0.05, 0) is 96.7 Å². The second kappa shape index (κ2) is 22.9. The molecule has 0 radical (unpaired) electrons. The number of oxime groups is 1. The van der Waals surface area contributed by atoms with E-state index in [1.807, 2.05) is 48.5 Å². The van der Waals surface area contributed by atoms with E-state index in [-0.39, 0.29) is 63.8 Å². The molecular weight excluding hydrogens is 832 g/mol. The first-order chi connectivity index (χ1) is 31.8. The Balaban J connectivity index is 1.36. The first kappa shape index (κ1) is 47.1. The van der Waals surface area contributed by atoms with Gasteiger partial charge in [-0.3, -0.25) is 9.69 Å². The highest BCUT2D eigenvalue weighted by Crippen LogP contribution is 2.62. The van der Waals surface area contributed by atoms with E-state index >= 15 is 0 Å². The summed E-state index contributed by atoms with van der Waals surface area (Å²) in [6, 6.07) is 27.4. The summed E-state index contributed by atoms with van der Waals surface area (Å²) in [5, 5.41) is 24.5. The van der Waals surface area contributed by atoms with Crippen molar-refractivity contribution < 1.29 is 52.7 Å². The van der Waals surface area contributed by atoms with Crippen LogP contribution >= 0.6 is 0 Å². The molecule has 12 nitrogen and oxygen atoms in total. The molecule has 6 atom stereocenters. The van der Waals surface area contributed by atoms with Crippen molar-refractivity contribution in [1.29, 1.82) is 0 Å². The van der Waals surface area contributed by atoms with E-state index in [0.29, 0.717) is 53.5 Å². The largest absolute Gasteiger partial charge is 0.459 e. The van der Waals surface area contributed by atoms with Gasteiger partial charge in [0.1, 0.15) is 49.1 Å². The smallest absolute Gasteiger partial charge is 0.410 e. The molecular formula is C52H59FN2O10. The van der Waals surface area contributed by atoms with Crippen LogP contribution in [0.4, 0.5) is 9.18 Å². The van der Waals surface area contributed by atoms with Crippen molar-refractivity contribution in [2.24, 2.45) is 22.9 Å². The molecule has 0 bridgehead atoms.